The van der Waals surface area contributed by atoms with Crippen LogP contribution in [0.5, 0.6) is 0 Å². The van der Waals surface area contributed by atoms with E-state index in [9.17, 15) is 22.4 Å². The largest absolute Gasteiger partial charge is 0.452 e. The average Bonchev–Trinajstić information content (AvgIpc) is 2.54. The maximum atomic E-state index is 13.2. The third-order valence-corrected chi connectivity index (χ3v) is 4.53. The fourth-order valence-electron chi connectivity index (χ4n) is 1.81. The summed E-state index contributed by atoms with van der Waals surface area (Å²) in [4.78, 5) is 23.5. The van der Waals surface area contributed by atoms with Crippen molar-refractivity contribution in [2.75, 3.05) is 11.9 Å². The first-order valence-corrected chi connectivity index (χ1v) is 9.05. The summed E-state index contributed by atoms with van der Waals surface area (Å²) in [5.41, 5.74) is 0.100. The Morgan fingerprint density at radius 2 is 1.92 bits per heavy atom. The molecular formula is C15H12BrFN2O5S. The Morgan fingerprint density at radius 3 is 2.60 bits per heavy atom. The van der Waals surface area contributed by atoms with Gasteiger partial charge in [-0.25, -0.2) is 22.7 Å². The van der Waals surface area contributed by atoms with Crippen molar-refractivity contribution < 1.29 is 27.1 Å². The van der Waals surface area contributed by atoms with E-state index in [1.165, 1.54) is 24.3 Å². The molecule has 2 aromatic rings. The van der Waals surface area contributed by atoms with E-state index in [1.54, 1.807) is 0 Å². The maximum absolute atomic E-state index is 13.2. The predicted molar refractivity (Wildman–Crippen MR) is 90.8 cm³/mol. The van der Waals surface area contributed by atoms with Crippen LogP contribution in [0.4, 0.5) is 10.1 Å². The predicted octanol–water partition coefficient (Wildman–Crippen LogP) is 2.03. The van der Waals surface area contributed by atoms with Crippen molar-refractivity contribution in [1.29, 1.82) is 0 Å². The van der Waals surface area contributed by atoms with Crippen LogP contribution >= 0.6 is 15.9 Å². The number of amides is 1. The number of ether oxygens (including phenoxy) is 1. The molecule has 0 heterocycles. The molecule has 7 nitrogen and oxygen atoms in total. The number of carbonyl (C=O) groups is 2. The van der Waals surface area contributed by atoms with Gasteiger partial charge in [0.2, 0.25) is 10.0 Å². The summed E-state index contributed by atoms with van der Waals surface area (Å²) in [6.45, 7) is -0.638. The van der Waals surface area contributed by atoms with Crippen molar-refractivity contribution in [3.05, 3.63) is 58.3 Å². The van der Waals surface area contributed by atoms with Gasteiger partial charge in [0.1, 0.15) is 5.82 Å². The van der Waals surface area contributed by atoms with Crippen molar-refractivity contribution in [1.82, 2.24) is 0 Å². The van der Waals surface area contributed by atoms with Gasteiger partial charge in [-0.3, -0.25) is 4.79 Å². The Morgan fingerprint density at radius 1 is 1.20 bits per heavy atom. The lowest BCUT2D eigenvalue weighted by Gasteiger charge is -2.08. The Balaban J connectivity index is 1.99. The number of carbonyl (C=O) groups excluding carboxylic acids is 2. The minimum absolute atomic E-state index is 0.0657. The standard InChI is InChI=1S/C15H12BrFN2O5S/c16-13-5-4-9(17)6-12(13)15(21)24-8-14(20)19-10-2-1-3-11(7-10)25(18,22)23/h1-7H,8H2,(H,19,20)(H2,18,22,23). The number of sulfonamides is 1. The number of nitrogens with one attached hydrogen (secondary N) is 1. The molecule has 1 amide bonds. The first-order valence-electron chi connectivity index (χ1n) is 6.72. The lowest BCUT2D eigenvalue weighted by Crippen LogP contribution is -2.21. The third-order valence-electron chi connectivity index (χ3n) is 2.93. The second-order valence-electron chi connectivity index (χ2n) is 4.82. The average molecular weight is 431 g/mol. The van der Waals surface area contributed by atoms with Gasteiger partial charge in [-0.15, -0.1) is 0 Å². The van der Waals surface area contributed by atoms with E-state index in [0.717, 1.165) is 18.2 Å². The molecule has 0 aliphatic heterocycles. The Hall–Kier alpha value is -2.30. The molecule has 0 spiro atoms. The van der Waals surface area contributed by atoms with Crippen LogP contribution in [0.1, 0.15) is 10.4 Å². The van der Waals surface area contributed by atoms with Crippen LogP contribution in [0.25, 0.3) is 0 Å². The van der Waals surface area contributed by atoms with Gasteiger partial charge in [0.05, 0.1) is 10.5 Å². The summed E-state index contributed by atoms with van der Waals surface area (Å²) < 4.78 is 40.8. The Labute approximate surface area is 151 Å². The molecule has 0 unspecified atom stereocenters. The molecule has 2 aromatic carbocycles. The number of benzene rings is 2. The van der Waals surface area contributed by atoms with Crippen molar-refractivity contribution >= 4 is 43.5 Å². The fourth-order valence-corrected chi connectivity index (χ4v) is 2.78. The third kappa shape index (κ3) is 5.34. The van der Waals surface area contributed by atoms with E-state index in [-0.39, 0.29) is 16.1 Å². The topological polar surface area (TPSA) is 116 Å². The van der Waals surface area contributed by atoms with Gasteiger partial charge < -0.3 is 10.1 Å². The highest BCUT2D eigenvalue weighted by Crippen LogP contribution is 2.19. The molecule has 0 fully saturated rings. The van der Waals surface area contributed by atoms with Gasteiger partial charge >= 0.3 is 5.97 Å². The van der Waals surface area contributed by atoms with Gasteiger partial charge in [0.15, 0.2) is 6.61 Å². The van der Waals surface area contributed by atoms with E-state index in [0.29, 0.717) is 4.47 Å². The highest BCUT2D eigenvalue weighted by molar-refractivity contribution is 9.10. The molecule has 3 N–H and O–H groups in total. The first-order chi connectivity index (χ1) is 11.7. The van der Waals surface area contributed by atoms with E-state index in [2.05, 4.69) is 21.2 Å². The zero-order chi connectivity index (χ0) is 18.6. The maximum Gasteiger partial charge on any atom is 0.339 e. The number of hydrogen-bond donors (Lipinski definition) is 2. The molecule has 0 atom stereocenters. The zero-order valence-corrected chi connectivity index (χ0v) is 14.9. The van der Waals surface area contributed by atoms with Gasteiger partial charge in [-0.1, -0.05) is 6.07 Å². The molecule has 10 heteroatoms. The summed E-state index contributed by atoms with van der Waals surface area (Å²) in [5, 5.41) is 7.37. The number of rotatable bonds is 5. The Kier molecular flexibility index (Phi) is 5.88. The molecule has 2 rings (SSSR count). The summed E-state index contributed by atoms with van der Waals surface area (Å²) in [7, 11) is -3.91. The normalized spacial score (nSPS) is 11.0. The van der Waals surface area contributed by atoms with Crippen LogP contribution in [0.2, 0.25) is 0 Å². The van der Waals surface area contributed by atoms with E-state index in [4.69, 9.17) is 9.88 Å². The van der Waals surface area contributed by atoms with Gasteiger partial charge in [0, 0.05) is 10.2 Å². The highest BCUT2D eigenvalue weighted by Gasteiger charge is 2.15. The number of anilines is 1. The summed E-state index contributed by atoms with van der Waals surface area (Å²) in [6, 6.07) is 8.74. The van der Waals surface area contributed by atoms with Crippen molar-refractivity contribution in [3.8, 4) is 0 Å². The number of nitrogens with two attached hydrogens (primary N) is 1. The number of halogens is 2. The summed E-state index contributed by atoms with van der Waals surface area (Å²) in [6.07, 6.45) is 0. The lowest BCUT2D eigenvalue weighted by atomic mass is 10.2. The molecule has 0 saturated heterocycles. The minimum Gasteiger partial charge on any atom is -0.452 e. The lowest BCUT2D eigenvalue weighted by molar-refractivity contribution is -0.119. The molecule has 0 bridgehead atoms. The van der Waals surface area contributed by atoms with Crippen LogP contribution in [-0.2, 0) is 19.6 Å². The SMILES string of the molecule is NS(=O)(=O)c1cccc(NC(=O)COC(=O)c2cc(F)ccc2Br)c1. The Bertz CT molecular complexity index is 933. The fraction of sp³-hybridized carbons (Fsp3) is 0.0667. The van der Waals surface area contributed by atoms with Gasteiger partial charge in [0.25, 0.3) is 5.91 Å². The minimum atomic E-state index is -3.91. The number of esters is 1. The van der Waals surface area contributed by atoms with E-state index < -0.39 is 34.3 Å². The first kappa shape index (κ1) is 19.0. The quantitative estimate of drug-likeness (QED) is 0.703. The van der Waals surface area contributed by atoms with Crippen LogP contribution in [0, 0.1) is 5.82 Å². The van der Waals surface area contributed by atoms with E-state index in [1.807, 2.05) is 0 Å². The van der Waals surface area contributed by atoms with Crippen molar-refractivity contribution in [2.45, 2.75) is 4.90 Å². The zero-order valence-electron chi connectivity index (χ0n) is 12.5. The van der Waals surface area contributed by atoms with Crippen LogP contribution in [0.3, 0.4) is 0 Å². The molecule has 25 heavy (non-hydrogen) atoms. The van der Waals surface area contributed by atoms with Crippen molar-refractivity contribution in [2.24, 2.45) is 5.14 Å². The van der Waals surface area contributed by atoms with Gasteiger partial charge in [-0.2, -0.15) is 0 Å². The molecular weight excluding hydrogens is 419 g/mol. The monoisotopic (exact) mass is 430 g/mol. The second-order valence-corrected chi connectivity index (χ2v) is 7.24. The van der Waals surface area contributed by atoms with E-state index >= 15 is 0 Å². The number of primary sulfonamides is 1. The van der Waals surface area contributed by atoms with Crippen molar-refractivity contribution in [3.63, 3.8) is 0 Å². The summed E-state index contributed by atoms with van der Waals surface area (Å²) in [5.74, 6) is -2.22. The molecule has 0 radical (unpaired) electrons. The second kappa shape index (κ2) is 7.72. The molecule has 0 aliphatic carbocycles. The highest BCUT2D eigenvalue weighted by atomic mass is 79.9. The molecule has 0 aromatic heterocycles. The van der Waals surface area contributed by atoms with Crippen LogP contribution < -0.4 is 10.5 Å². The molecule has 0 saturated carbocycles. The summed E-state index contributed by atoms with van der Waals surface area (Å²) >= 11 is 3.08. The number of hydrogen-bond acceptors (Lipinski definition) is 5. The molecule has 0 aliphatic rings. The smallest absolute Gasteiger partial charge is 0.339 e. The molecule has 132 valence electrons. The van der Waals surface area contributed by atoms with Gasteiger partial charge in [-0.05, 0) is 52.3 Å². The van der Waals surface area contributed by atoms with Crippen LogP contribution in [0.15, 0.2) is 51.8 Å². The van der Waals surface area contributed by atoms with Crippen LogP contribution in [-0.4, -0.2) is 26.9 Å².